The highest BCUT2D eigenvalue weighted by Crippen LogP contribution is 2.41. The molecular weight excluding hydrogens is 216 g/mol. The molecule has 0 saturated heterocycles. The molecule has 0 aliphatic heterocycles. The molecule has 1 aliphatic rings. The topological polar surface area (TPSA) is 40.6 Å². The van der Waals surface area contributed by atoms with Gasteiger partial charge < -0.3 is 9.80 Å². The molecule has 1 fully saturated rings. The van der Waals surface area contributed by atoms with E-state index in [0.717, 1.165) is 32.4 Å². The zero-order valence-corrected chi connectivity index (χ0v) is 11.4. The van der Waals surface area contributed by atoms with Crippen molar-refractivity contribution in [2.24, 2.45) is 11.8 Å². The number of nitrogens with zero attached hydrogens (tertiary/aromatic N) is 2. The van der Waals surface area contributed by atoms with E-state index in [0.29, 0.717) is 0 Å². The summed E-state index contributed by atoms with van der Waals surface area (Å²) >= 11 is 0. The van der Waals surface area contributed by atoms with E-state index in [1.54, 1.807) is 19.0 Å². The van der Waals surface area contributed by atoms with Crippen molar-refractivity contribution < 1.29 is 9.59 Å². The fourth-order valence-electron chi connectivity index (χ4n) is 2.18. The van der Waals surface area contributed by atoms with Gasteiger partial charge in [-0.1, -0.05) is 13.8 Å². The van der Waals surface area contributed by atoms with Gasteiger partial charge in [-0.25, -0.2) is 0 Å². The standard InChI is InChI=1S/C13H24N2O2/c1-5-7-15(8-6-2)13(17)11-9-10(11)12(16)14(3)4/h10-11H,5-9H2,1-4H3. The molecule has 2 amide bonds. The van der Waals surface area contributed by atoms with Gasteiger partial charge in [-0.2, -0.15) is 0 Å². The molecule has 0 aromatic heterocycles. The summed E-state index contributed by atoms with van der Waals surface area (Å²) in [4.78, 5) is 27.4. The van der Waals surface area contributed by atoms with Crippen LogP contribution in [0.25, 0.3) is 0 Å². The Bertz CT molecular complexity index is 283. The maximum atomic E-state index is 12.2. The van der Waals surface area contributed by atoms with Crippen LogP contribution in [0.3, 0.4) is 0 Å². The highest BCUT2D eigenvalue weighted by Gasteiger charge is 2.49. The maximum Gasteiger partial charge on any atom is 0.226 e. The Morgan fingerprint density at radius 1 is 1.00 bits per heavy atom. The smallest absolute Gasteiger partial charge is 0.226 e. The molecule has 2 unspecified atom stereocenters. The summed E-state index contributed by atoms with van der Waals surface area (Å²) in [7, 11) is 3.50. The summed E-state index contributed by atoms with van der Waals surface area (Å²) in [5, 5.41) is 0. The van der Waals surface area contributed by atoms with E-state index < -0.39 is 0 Å². The van der Waals surface area contributed by atoms with E-state index in [-0.39, 0.29) is 23.7 Å². The van der Waals surface area contributed by atoms with Crippen LogP contribution < -0.4 is 0 Å². The van der Waals surface area contributed by atoms with Gasteiger partial charge in [0.2, 0.25) is 11.8 Å². The van der Waals surface area contributed by atoms with Crippen molar-refractivity contribution in [3.05, 3.63) is 0 Å². The molecule has 1 rings (SSSR count). The third kappa shape index (κ3) is 3.45. The average molecular weight is 240 g/mol. The van der Waals surface area contributed by atoms with E-state index in [9.17, 15) is 9.59 Å². The van der Waals surface area contributed by atoms with Crippen molar-refractivity contribution in [2.45, 2.75) is 33.1 Å². The highest BCUT2D eigenvalue weighted by molar-refractivity contribution is 5.92. The van der Waals surface area contributed by atoms with Crippen LogP contribution in [0.1, 0.15) is 33.1 Å². The first-order chi connectivity index (χ1) is 8.02. The molecule has 4 heteroatoms. The summed E-state index contributed by atoms with van der Waals surface area (Å²) in [5.74, 6) is 0.155. The van der Waals surface area contributed by atoms with Crippen molar-refractivity contribution in [1.29, 1.82) is 0 Å². The quantitative estimate of drug-likeness (QED) is 0.703. The molecule has 2 atom stereocenters. The van der Waals surface area contributed by atoms with Gasteiger partial charge in [-0.05, 0) is 19.3 Å². The maximum absolute atomic E-state index is 12.2. The van der Waals surface area contributed by atoms with Gasteiger partial charge >= 0.3 is 0 Å². The molecule has 0 radical (unpaired) electrons. The van der Waals surface area contributed by atoms with Crippen LogP contribution in [0.15, 0.2) is 0 Å². The first-order valence-electron chi connectivity index (χ1n) is 6.52. The van der Waals surface area contributed by atoms with Crippen LogP contribution in [-0.4, -0.2) is 48.8 Å². The summed E-state index contributed by atoms with van der Waals surface area (Å²) in [6, 6.07) is 0. The third-order valence-electron chi connectivity index (χ3n) is 3.16. The van der Waals surface area contributed by atoms with Crippen LogP contribution in [0, 0.1) is 11.8 Å². The van der Waals surface area contributed by atoms with E-state index in [4.69, 9.17) is 0 Å². The molecule has 98 valence electrons. The summed E-state index contributed by atoms with van der Waals surface area (Å²) in [5.41, 5.74) is 0. The minimum atomic E-state index is -0.0614. The molecule has 0 heterocycles. The Balaban J connectivity index is 2.51. The van der Waals surface area contributed by atoms with Crippen LogP contribution in [0.4, 0.5) is 0 Å². The Morgan fingerprint density at radius 3 is 1.88 bits per heavy atom. The predicted octanol–water partition coefficient (Wildman–Crippen LogP) is 1.36. The van der Waals surface area contributed by atoms with Crippen LogP contribution >= 0.6 is 0 Å². The fourth-order valence-corrected chi connectivity index (χ4v) is 2.18. The number of rotatable bonds is 6. The van der Waals surface area contributed by atoms with Crippen molar-refractivity contribution in [3.63, 3.8) is 0 Å². The van der Waals surface area contributed by atoms with E-state index in [1.807, 2.05) is 4.90 Å². The van der Waals surface area contributed by atoms with Crippen molar-refractivity contribution >= 4 is 11.8 Å². The lowest BCUT2D eigenvalue weighted by molar-refractivity contribution is -0.136. The second-order valence-electron chi connectivity index (χ2n) is 5.01. The van der Waals surface area contributed by atoms with Gasteiger partial charge in [0.05, 0.1) is 11.8 Å². The average Bonchev–Trinajstić information content (AvgIpc) is 3.06. The first kappa shape index (κ1) is 14.0. The molecule has 4 nitrogen and oxygen atoms in total. The lowest BCUT2D eigenvalue weighted by Gasteiger charge is -2.21. The largest absolute Gasteiger partial charge is 0.349 e. The Morgan fingerprint density at radius 2 is 1.47 bits per heavy atom. The van der Waals surface area contributed by atoms with Gasteiger partial charge in [0.25, 0.3) is 0 Å². The Kier molecular flexibility index (Phi) is 4.97. The highest BCUT2D eigenvalue weighted by atomic mass is 16.2. The molecule has 0 N–H and O–H groups in total. The van der Waals surface area contributed by atoms with Crippen LogP contribution in [0.2, 0.25) is 0 Å². The van der Waals surface area contributed by atoms with E-state index in [1.165, 1.54) is 0 Å². The molecule has 1 aliphatic carbocycles. The van der Waals surface area contributed by atoms with Crippen LogP contribution in [0.5, 0.6) is 0 Å². The van der Waals surface area contributed by atoms with Crippen LogP contribution in [-0.2, 0) is 9.59 Å². The number of hydrogen-bond donors (Lipinski definition) is 0. The van der Waals surface area contributed by atoms with Gasteiger partial charge in [-0.15, -0.1) is 0 Å². The zero-order chi connectivity index (χ0) is 13.0. The minimum absolute atomic E-state index is 0.0528. The van der Waals surface area contributed by atoms with Gasteiger partial charge in [-0.3, -0.25) is 9.59 Å². The van der Waals surface area contributed by atoms with Crippen molar-refractivity contribution in [2.75, 3.05) is 27.2 Å². The molecule has 0 bridgehead atoms. The number of hydrogen-bond acceptors (Lipinski definition) is 2. The molecule has 0 aromatic carbocycles. The first-order valence-corrected chi connectivity index (χ1v) is 6.52. The summed E-state index contributed by atoms with van der Waals surface area (Å²) in [6.45, 7) is 5.77. The second-order valence-corrected chi connectivity index (χ2v) is 5.01. The Hall–Kier alpha value is -1.06. The third-order valence-corrected chi connectivity index (χ3v) is 3.16. The second kappa shape index (κ2) is 6.03. The molecular formula is C13H24N2O2. The zero-order valence-electron chi connectivity index (χ0n) is 11.4. The van der Waals surface area contributed by atoms with Crippen molar-refractivity contribution in [1.82, 2.24) is 9.80 Å². The van der Waals surface area contributed by atoms with E-state index >= 15 is 0 Å². The fraction of sp³-hybridized carbons (Fsp3) is 0.846. The summed E-state index contributed by atoms with van der Waals surface area (Å²) < 4.78 is 0. The van der Waals surface area contributed by atoms with Crippen molar-refractivity contribution in [3.8, 4) is 0 Å². The minimum Gasteiger partial charge on any atom is -0.349 e. The van der Waals surface area contributed by atoms with E-state index in [2.05, 4.69) is 13.8 Å². The summed E-state index contributed by atoms with van der Waals surface area (Å²) in [6.07, 6.45) is 2.69. The lowest BCUT2D eigenvalue weighted by atomic mass is 10.2. The molecule has 0 aromatic rings. The molecule has 1 saturated carbocycles. The van der Waals surface area contributed by atoms with Gasteiger partial charge in [0.15, 0.2) is 0 Å². The van der Waals surface area contributed by atoms with Gasteiger partial charge in [0, 0.05) is 27.2 Å². The predicted molar refractivity (Wildman–Crippen MR) is 67.5 cm³/mol. The van der Waals surface area contributed by atoms with Gasteiger partial charge in [0.1, 0.15) is 0 Å². The Labute approximate surface area is 104 Å². The molecule has 0 spiro atoms. The lowest BCUT2D eigenvalue weighted by Crippen LogP contribution is -2.35. The number of amides is 2. The normalized spacial score (nSPS) is 22.1. The SMILES string of the molecule is CCCN(CCC)C(=O)C1CC1C(=O)N(C)C. The monoisotopic (exact) mass is 240 g/mol. The molecule has 17 heavy (non-hydrogen) atoms. The number of carbonyl (C=O) groups excluding carboxylic acids is 2. The number of carbonyl (C=O) groups is 2.